The van der Waals surface area contributed by atoms with Gasteiger partial charge in [-0.05, 0) is 31.2 Å². The fourth-order valence-electron chi connectivity index (χ4n) is 1.85. The van der Waals surface area contributed by atoms with Crippen LogP contribution in [0.5, 0.6) is 5.75 Å². The van der Waals surface area contributed by atoms with Gasteiger partial charge in [0.05, 0.1) is 19.5 Å². The summed E-state index contributed by atoms with van der Waals surface area (Å²) in [6, 6.07) is 7.26. The molecule has 1 N–H and O–H groups in total. The number of methoxy groups -OCH3 is 2. The minimum Gasteiger partial charge on any atom is -0.497 e. The van der Waals surface area contributed by atoms with E-state index in [1.807, 2.05) is 31.2 Å². The average molecular weight is 337 g/mol. The predicted octanol–water partition coefficient (Wildman–Crippen LogP) is 1.99. The van der Waals surface area contributed by atoms with Gasteiger partial charge in [0.2, 0.25) is 11.8 Å². The van der Waals surface area contributed by atoms with E-state index in [1.165, 1.54) is 11.8 Å². The van der Waals surface area contributed by atoms with Crippen molar-refractivity contribution in [1.29, 1.82) is 0 Å². The van der Waals surface area contributed by atoms with Crippen molar-refractivity contribution in [2.75, 3.05) is 26.6 Å². The topological polar surface area (TPSA) is 86.5 Å². The third-order valence-electron chi connectivity index (χ3n) is 2.89. The standard InChI is InChI=1S/C15H19N3O4S/c1-10(8-20-2)16-13(19)9-23-15-18-17-14(22-15)11-4-6-12(21-3)7-5-11/h4-7,10H,8-9H2,1-3H3,(H,16,19)/t10-/m0/s1. The summed E-state index contributed by atoms with van der Waals surface area (Å²) >= 11 is 1.19. The summed E-state index contributed by atoms with van der Waals surface area (Å²) < 4.78 is 15.6. The Balaban J connectivity index is 1.88. The van der Waals surface area contributed by atoms with Crippen LogP contribution in [-0.2, 0) is 9.53 Å². The maximum absolute atomic E-state index is 11.8. The lowest BCUT2D eigenvalue weighted by Gasteiger charge is -2.11. The van der Waals surface area contributed by atoms with Gasteiger partial charge in [0, 0.05) is 18.7 Å². The molecule has 0 aliphatic carbocycles. The molecule has 124 valence electrons. The highest BCUT2D eigenvalue weighted by Gasteiger charge is 2.12. The summed E-state index contributed by atoms with van der Waals surface area (Å²) in [7, 11) is 3.20. The Kier molecular flexibility index (Phi) is 6.42. The molecule has 1 amide bonds. The maximum Gasteiger partial charge on any atom is 0.277 e. The van der Waals surface area contributed by atoms with Crippen molar-refractivity contribution in [3.8, 4) is 17.2 Å². The number of nitrogens with zero attached hydrogens (tertiary/aromatic N) is 2. The van der Waals surface area contributed by atoms with Gasteiger partial charge in [-0.2, -0.15) is 0 Å². The molecule has 2 rings (SSSR count). The summed E-state index contributed by atoms with van der Waals surface area (Å²) in [6.07, 6.45) is 0. The molecule has 0 fully saturated rings. The Labute approximate surface area is 138 Å². The van der Waals surface area contributed by atoms with Crippen molar-refractivity contribution in [2.45, 2.75) is 18.2 Å². The highest BCUT2D eigenvalue weighted by Crippen LogP contribution is 2.24. The molecule has 0 spiro atoms. The van der Waals surface area contributed by atoms with Crippen LogP contribution in [0.15, 0.2) is 33.9 Å². The fraction of sp³-hybridized carbons (Fsp3) is 0.400. The number of aromatic nitrogens is 2. The van der Waals surface area contributed by atoms with Crippen LogP contribution in [0.1, 0.15) is 6.92 Å². The minimum absolute atomic E-state index is 0.0364. The lowest BCUT2D eigenvalue weighted by Crippen LogP contribution is -2.36. The van der Waals surface area contributed by atoms with Crippen LogP contribution in [0.4, 0.5) is 0 Å². The van der Waals surface area contributed by atoms with E-state index in [0.717, 1.165) is 11.3 Å². The monoisotopic (exact) mass is 337 g/mol. The molecule has 1 aromatic heterocycles. The second kappa shape index (κ2) is 8.54. The number of benzene rings is 1. The van der Waals surface area contributed by atoms with Gasteiger partial charge in [0.15, 0.2) is 0 Å². The van der Waals surface area contributed by atoms with Crippen LogP contribution in [0.25, 0.3) is 11.5 Å². The zero-order valence-corrected chi connectivity index (χ0v) is 14.1. The quantitative estimate of drug-likeness (QED) is 0.737. The summed E-state index contributed by atoms with van der Waals surface area (Å²) in [6.45, 7) is 2.35. The lowest BCUT2D eigenvalue weighted by molar-refractivity contribution is -0.119. The van der Waals surface area contributed by atoms with Crippen LogP contribution < -0.4 is 10.1 Å². The third-order valence-corrected chi connectivity index (χ3v) is 3.71. The molecule has 0 radical (unpaired) electrons. The van der Waals surface area contributed by atoms with Gasteiger partial charge < -0.3 is 19.2 Å². The van der Waals surface area contributed by atoms with Crippen molar-refractivity contribution in [3.05, 3.63) is 24.3 Å². The second-order valence-electron chi connectivity index (χ2n) is 4.81. The number of hydrogen-bond acceptors (Lipinski definition) is 7. The summed E-state index contributed by atoms with van der Waals surface area (Å²) in [4.78, 5) is 11.8. The molecule has 2 aromatic rings. The third kappa shape index (κ3) is 5.26. The van der Waals surface area contributed by atoms with E-state index < -0.39 is 0 Å². The lowest BCUT2D eigenvalue weighted by atomic mass is 10.2. The van der Waals surface area contributed by atoms with Crippen LogP contribution in [0.2, 0.25) is 0 Å². The SMILES string of the molecule is COC[C@H](C)NC(=O)CSc1nnc(-c2ccc(OC)cc2)o1. The number of ether oxygens (including phenoxy) is 2. The van der Waals surface area contributed by atoms with Crippen molar-refractivity contribution >= 4 is 17.7 Å². The zero-order chi connectivity index (χ0) is 16.7. The van der Waals surface area contributed by atoms with Crippen LogP contribution in [0, 0.1) is 0 Å². The number of carbonyl (C=O) groups excluding carboxylic acids is 1. The van der Waals surface area contributed by atoms with Crippen LogP contribution in [0.3, 0.4) is 0 Å². The Morgan fingerprint density at radius 1 is 1.30 bits per heavy atom. The minimum atomic E-state index is -0.108. The highest BCUT2D eigenvalue weighted by molar-refractivity contribution is 7.99. The Morgan fingerprint density at radius 2 is 2.04 bits per heavy atom. The van der Waals surface area contributed by atoms with Gasteiger partial charge in [-0.1, -0.05) is 11.8 Å². The molecule has 0 saturated carbocycles. The molecule has 0 aliphatic heterocycles. The molecule has 1 atom stereocenters. The average Bonchev–Trinajstić information content (AvgIpc) is 3.02. The molecule has 0 aliphatic rings. The Morgan fingerprint density at radius 3 is 2.70 bits per heavy atom. The smallest absolute Gasteiger partial charge is 0.277 e. The van der Waals surface area contributed by atoms with E-state index in [4.69, 9.17) is 13.9 Å². The van der Waals surface area contributed by atoms with Crippen molar-refractivity contribution in [1.82, 2.24) is 15.5 Å². The van der Waals surface area contributed by atoms with E-state index in [0.29, 0.717) is 17.7 Å². The Hall–Kier alpha value is -2.06. The summed E-state index contributed by atoms with van der Waals surface area (Å²) in [5.74, 6) is 1.26. The summed E-state index contributed by atoms with van der Waals surface area (Å²) in [5.41, 5.74) is 0.795. The van der Waals surface area contributed by atoms with Gasteiger partial charge in [-0.25, -0.2) is 0 Å². The first-order chi connectivity index (χ1) is 11.1. The number of thioether (sulfide) groups is 1. The number of amides is 1. The molecular weight excluding hydrogens is 318 g/mol. The molecule has 1 aromatic carbocycles. The fourth-order valence-corrected chi connectivity index (χ4v) is 2.43. The van der Waals surface area contributed by atoms with Gasteiger partial charge in [-0.3, -0.25) is 4.79 Å². The van der Waals surface area contributed by atoms with Gasteiger partial charge in [0.1, 0.15) is 5.75 Å². The molecule has 0 saturated heterocycles. The summed E-state index contributed by atoms with van der Waals surface area (Å²) in [5, 5.41) is 11.1. The molecule has 0 bridgehead atoms. The van der Waals surface area contributed by atoms with E-state index in [-0.39, 0.29) is 17.7 Å². The number of rotatable bonds is 8. The van der Waals surface area contributed by atoms with Gasteiger partial charge in [-0.15, -0.1) is 10.2 Å². The number of hydrogen-bond donors (Lipinski definition) is 1. The molecular formula is C15H19N3O4S. The van der Waals surface area contributed by atoms with E-state index in [2.05, 4.69) is 15.5 Å². The largest absolute Gasteiger partial charge is 0.497 e. The van der Waals surface area contributed by atoms with E-state index in [9.17, 15) is 4.79 Å². The highest BCUT2D eigenvalue weighted by atomic mass is 32.2. The van der Waals surface area contributed by atoms with E-state index in [1.54, 1.807) is 14.2 Å². The Bertz CT molecular complexity index is 630. The second-order valence-corrected chi connectivity index (χ2v) is 5.74. The van der Waals surface area contributed by atoms with Gasteiger partial charge >= 0.3 is 0 Å². The molecule has 23 heavy (non-hydrogen) atoms. The molecule has 0 unspecified atom stereocenters. The normalized spacial score (nSPS) is 12.0. The van der Waals surface area contributed by atoms with Crippen molar-refractivity contribution in [2.24, 2.45) is 0 Å². The van der Waals surface area contributed by atoms with Gasteiger partial charge in [0.25, 0.3) is 5.22 Å². The molecule has 1 heterocycles. The zero-order valence-electron chi connectivity index (χ0n) is 13.2. The van der Waals surface area contributed by atoms with Crippen LogP contribution in [-0.4, -0.2) is 48.7 Å². The maximum atomic E-state index is 11.8. The van der Waals surface area contributed by atoms with Crippen molar-refractivity contribution in [3.63, 3.8) is 0 Å². The number of carbonyl (C=O) groups is 1. The van der Waals surface area contributed by atoms with E-state index >= 15 is 0 Å². The predicted molar refractivity (Wildman–Crippen MR) is 86.5 cm³/mol. The molecule has 8 heteroatoms. The molecule has 7 nitrogen and oxygen atoms in total. The first kappa shape index (κ1) is 17.3. The first-order valence-corrected chi connectivity index (χ1v) is 8.00. The van der Waals surface area contributed by atoms with Crippen LogP contribution >= 0.6 is 11.8 Å². The number of nitrogens with one attached hydrogen (secondary N) is 1. The van der Waals surface area contributed by atoms with Crippen molar-refractivity contribution < 1.29 is 18.7 Å². The first-order valence-electron chi connectivity index (χ1n) is 7.01.